The smallest absolute Gasteiger partial charge is 0.303 e. The summed E-state index contributed by atoms with van der Waals surface area (Å²) in [4.78, 5) is 37.4. The number of aliphatic hydroxyl groups excluding tert-OH is 1. The lowest BCUT2D eigenvalue weighted by atomic mass is 9.99. The fourth-order valence-corrected chi connectivity index (χ4v) is 4.12. The van der Waals surface area contributed by atoms with E-state index in [4.69, 9.17) is 5.11 Å². The van der Waals surface area contributed by atoms with Gasteiger partial charge in [0.05, 0.1) is 12.1 Å². The number of amides is 1. The monoisotopic (exact) mass is 449 g/mol. The summed E-state index contributed by atoms with van der Waals surface area (Å²) in [5.41, 5.74) is 1.75. The summed E-state index contributed by atoms with van der Waals surface area (Å²) in [7, 11) is 0. The van der Waals surface area contributed by atoms with Gasteiger partial charge in [-0.3, -0.25) is 14.4 Å². The van der Waals surface area contributed by atoms with Crippen LogP contribution in [0.15, 0.2) is 66.7 Å². The number of carboxylic acids is 1. The second-order valence-corrected chi connectivity index (χ2v) is 8.40. The standard InChI is InChI=1S/C27H31NO5/c29-24(21-11-8-12-22(19-21)27(33)20-9-4-3-5-10-20)16-14-23-15-17-25(30)28(23)18-7-2-1-6-13-26(31)32/h3-5,8-12,14,16,19,23-24,29H,1-2,6-7,13,15,17-18H2,(H,31,32)/b16-14+/t23-,24?/m0/s1. The van der Waals surface area contributed by atoms with Crippen LogP contribution in [0.5, 0.6) is 0 Å². The van der Waals surface area contributed by atoms with Crippen LogP contribution in [-0.2, 0) is 9.59 Å². The molecule has 1 aliphatic rings. The Morgan fingerprint density at radius 2 is 1.73 bits per heavy atom. The Hall–Kier alpha value is -3.25. The minimum Gasteiger partial charge on any atom is -0.481 e. The van der Waals surface area contributed by atoms with Crippen molar-refractivity contribution in [2.24, 2.45) is 0 Å². The van der Waals surface area contributed by atoms with Crippen LogP contribution in [0, 0.1) is 0 Å². The van der Waals surface area contributed by atoms with Crippen LogP contribution in [0.3, 0.4) is 0 Å². The van der Waals surface area contributed by atoms with Gasteiger partial charge in [0.1, 0.15) is 0 Å². The van der Waals surface area contributed by atoms with Crippen molar-refractivity contribution in [3.63, 3.8) is 0 Å². The summed E-state index contributed by atoms with van der Waals surface area (Å²) in [6.07, 6.45) is 7.31. The van der Waals surface area contributed by atoms with E-state index in [1.54, 1.807) is 42.5 Å². The first-order chi connectivity index (χ1) is 16.0. The van der Waals surface area contributed by atoms with Gasteiger partial charge in [-0.2, -0.15) is 0 Å². The molecule has 1 unspecified atom stereocenters. The number of carbonyl (C=O) groups is 3. The Labute approximate surface area is 194 Å². The molecular weight excluding hydrogens is 418 g/mol. The second-order valence-electron chi connectivity index (χ2n) is 8.40. The number of unbranched alkanes of at least 4 members (excludes halogenated alkanes) is 3. The van der Waals surface area contributed by atoms with Gasteiger partial charge in [0.25, 0.3) is 0 Å². The van der Waals surface area contributed by atoms with Gasteiger partial charge in [0.2, 0.25) is 5.91 Å². The lowest BCUT2D eigenvalue weighted by Gasteiger charge is -2.22. The van der Waals surface area contributed by atoms with Crippen molar-refractivity contribution in [3.05, 3.63) is 83.4 Å². The molecule has 2 aromatic carbocycles. The van der Waals surface area contributed by atoms with Gasteiger partial charge in [-0.15, -0.1) is 0 Å². The van der Waals surface area contributed by atoms with E-state index < -0.39 is 12.1 Å². The van der Waals surface area contributed by atoms with Crippen molar-refractivity contribution in [2.75, 3.05) is 6.54 Å². The third kappa shape index (κ3) is 7.12. The number of rotatable bonds is 12. The maximum atomic E-state index is 12.7. The third-order valence-corrected chi connectivity index (χ3v) is 5.96. The van der Waals surface area contributed by atoms with Crippen LogP contribution in [-0.4, -0.2) is 45.4 Å². The molecule has 6 heteroatoms. The van der Waals surface area contributed by atoms with E-state index in [9.17, 15) is 19.5 Å². The average Bonchev–Trinajstić information content (AvgIpc) is 3.18. The van der Waals surface area contributed by atoms with Crippen LogP contribution in [0.2, 0.25) is 0 Å². The van der Waals surface area contributed by atoms with E-state index in [1.165, 1.54) is 0 Å². The molecule has 174 valence electrons. The number of hydrogen-bond acceptors (Lipinski definition) is 4. The first-order valence-corrected chi connectivity index (χ1v) is 11.5. The lowest BCUT2D eigenvalue weighted by Crippen LogP contribution is -2.32. The molecule has 0 aliphatic carbocycles. The normalized spacial score (nSPS) is 16.9. The van der Waals surface area contributed by atoms with E-state index in [2.05, 4.69) is 0 Å². The molecule has 1 heterocycles. The zero-order valence-electron chi connectivity index (χ0n) is 18.7. The number of carbonyl (C=O) groups excluding carboxylic acids is 2. The van der Waals surface area contributed by atoms with Crippen molar-refractivity contribution in [3.8, 4) is 0 Å². The molecule has 2 atom stereocenters. The number of aliphatic carboxylic acids is 1. The van der Waals surface area contributed by atoms with Gasteiger partial charge in [-0.05, 0) is 30.9 Å². The highest BCUT2D eigenvalue weighted by Gasteiger charge is 2.28. The molecule has 1 amide bonds. The molecular formula is C27H31NO5. The maximum absolute atomic E-state index is 12.7. The highest BCUT2D eigenvalue weighted by atomic mass is 16.4. The van der Waals surface area contributed by atoms with Crippen LogP contribution >= 0.6 is 0 Å². The van der Waals surface area contributed by atoms with Crippen LogP contribution in [0.4, 0.5) is 0 Å². The van der Waals surface area contributed by atoms with Gasteiger partial charge in [-0.25, -0.2) is 0 Å². The van der Waals surface area contributed by atoms with E-state index >= 15 is 0 Å². The zero-order valence-corrected chi connectivity index (χ0v) is 18.7. The molecule has 1 fully saturated rings. The Morgan fingerprint density at radius 3 is 2.48 bits per heavy atom. The molecule has 3 rings (SSSR count). The minimum absolute atomic E-state index is 0.0553. The molecule has 2 N–H and O–H groups in total. The summed E-state index contributed by atoms with van der Waals surface area (Å²) < 4.78 is 0. The number of ketones is 1. The number of benzene rings is 2. The summed E-state index contributed by atoms with van der Waals surface area (Å²) in [5.74, 6) is -0.756. The fourth-order valence-electron chi connectivity index (χ4n) is 4.12. The van der Waals surface area contributed by atoms with Crippen molar-refractivity contribution in [2.45, 2.75) is 57.1 Å². The summed E-state index contributed by atoms with van der Waals surface area (Å²) in [6.45, 7) is 0.637. The quantitative estimate of drug-likeness (QED) is 0.282. The topological polar surface area (TPSA) is 94.9 Å². The van der Waals surface area contributed by atoms with Gasteiger partial charge >= 0.3 is 5.97 Å². The van der Waals surface area contributed by atoms with Crippen molar-refractivity contribution < 1.29 is 24.6 Å². The molecule has 0 bridgehead atoms. The number of nitrogens with zero attached hydrogens (tertiary/aromatic N) is 1. The Morgan fingerprint density at radius 1 is 1.00 bits per heavy atom. The van der Waals surface area contributed by atoms with E-state index in [1.807, 2.05) is 29.2 Å². The molecule has 6 nitrogen and oxygen atoms in total. The molecule has 33 heavy (non-hydrogen) atoms. The summed E-state index contributed by atoms with van der Waals surface area (Å²) in [6, 6.07) is 16.0. The van der Waals surface area contributed by atoms with Gasteiger partial charge in [0.15, 0.2) is 5.78 Å². The highest BCUT2D eigenvalue weighted by molar-refractivity contribution is 6.09. The molecule has 2 aromatic rings. The average molecular weight is 450 g/mol. The summed E-state index contributed by atoms with van der Waals surface area (Å²) >= 11 is 0. The minimum atomic E-state index is -0.873. The van der Waals surface area contributed by atoms with Crippen LogP contribution < -0.4 is 0 Å². The lowest BCUT2D eigenvalue weighted by molar-refractivity contribution is -0.137. The largest absolute Gasteiger partial charge is 0.481 e. The number of carboxylic acid groups (broad SMARTS) is 1. The second kappa shape index (κ2) is 12.1. The van der Waals surface area contributed by atoms with Crippen LogP contribution in [0.1, 0.15) is 72.5 Å². The number of likely N-dealkylation sites (tertiary alicyclic amines) is 1. The zero-order chi connectivity index (χ0) is 23.6. The molecule has 1 aliphatic heterocycles. The van der Waals surface area contributed by atoms with Crippen molar-refractivity contribution in [1.82, 2.24) is 4.90 Å². The SMILES string of the molecule is O=C(O)CCCCCCN1C(=O)CC[C@@H]1/C=C/C(O)c1cccc(C(=O)c2ccccc2)c1. The number of hydrogen-bond donors (Lipinski definition) is 2. The molecule has 1 saturated heterocycles. The predicted molar refractivity (Wildman–Crippen MR) is 126 cm³/mol. The van der Waals surface area contributed by atoms with Gasteiger partial charge in [-0.1, -0.05) is 73.5 Å². The Bertz CT molecular complexity index is 985. The predicted octanol–water partition coefficient (Wildman–Crippen LogP) is 4.53. The van der Waals surface area contributed by atoms with E-state index in [-0.39, 0.29) is 24.2 Å². The van der Waals surface area contributed by atoms with Gasteiger partial charge < -0.3 is 15.1 Å². The van der Waals surface area contributed by atoms with Gasteiger partial charge in [0, 0.05) is 30.5 Å². The molecule has 0 spiro atoms. The molecule has 0 saturated carbocycles. The van der Waals surface area contributed by atoms with Crippen LogP contribution in [0.25, 0.3) is 0 Å². The highest BCUT2D eigenvalue weighted by Crippen LogP contribution is 2.23. The maximum Gasteiger partial charge on any atom is 0.303 e. The van der Waals surface area contributed by atoms with E-state index in [0.29, 0.717) is 42.5 Å². The Balaban J connectivity index is 1.56. The number of aliphatic hydroxyl groups is 1. The molecule has 0 aromatic heterocycles. The molecule has 0 radical (unpaired) electrons. The summed E-state index contributed by atoms with van der Waals surface area (Å²) in [5, 5.41) is 19.4. The fraction of sp³-hybridized carbons (Fsp3) is 0.370. The van der Waals surface area contributed by atoms with E-state index in [0.717, 1.165) is 19.3 Å². The van der Waals surface area contributed by atoms with Crippen molar-refractivity contribution >= 4 is 17.7 Å². The first kappa shape index (κ1) is 24.4. The van der Waals surface area contributed by atoms with Crippen molar-refractivity contribution in [1.29, 1.82) is 0 Å². The first-order valence-electron chi connectivity index (χ1n) is 11.5. The third-order valence-electron chi connectivity index (χ3n) is 5.96. The Kier molecular flexibility index (Phi) is 8.95.